The van der Waals surface area contributed by atoms with Crippen LogP contribution in [0.25, 0.3) is 11.2 Å². The maximum Gasteiger partial charge on any atom is 0.332 e. The van der Waals surface area contributed by atoms with Gasteiger partial charge in [-0.25, -0.2) is 4.79 Å². The molecule has 24 heavy (non-hydrogen) atoms. The van der Waals surface area contributed by atoms with E-state index in [2.05, 4.69) is 4.98 Å². The summed E-state index contributed by atoms with van der Waals surface area (Å²) in [5.41, 5.74) is -0.709. The van der Waals surface area contributed by atoms with Crippen LogP contribution in [0.15, 0.2) is 9.59 Å². The van der Waals surface area contributed by atoms with Gasteiger partial charge in [-0.05, 0) is 39.3 Å². The van der Waals surface area contributed by atoms with Crippen molar-refractivity contribution in [2.75, 3.05) is 0 Å². The second kappa shape index (κ2) is 6.43. The molecule has 0 unspecified atom stereocenters. The predicted octanol–water partition coefficient (Wildman–Crippen LogP) is 0.732. The Morgan fingerprint density at radius 1 is 1.12 bits per heavy atom. The first kappa shape index (κ1) is 18.3. The van der Waals surface area contributed by atoms with Gasteiger partial charge in [0.15, 0.2) is 11.2 Å². The molecule has 0 aliphatic rings. The van der Waals surface area contributed by atoms with Crippen LogP contribution in [0.3, 0.4) is 0 Å². The van der Waals surface area contributed by atoms with Gasteiger partial charge in [-0.1, -0.05) is 0 Å². The Balaban J connectivity index is 2.62. The van der Waals surface area contributed by atoms with E-state index in [1.54, 1.807) is 4.90 Å². The van der Waals surface area contributed by atoms with E-state index >= 15 is 0 Å². The van der Waals surface area contributed by atoms with Crippen molar-refractivity contribution in [2.24, 2.45) is 14.1 Å². The summed E-state index contributed by atoms with van der Waals surface area (Å²) >= 11 is 6.14. The van der Waals surface area contributed by atoms with Crippen molar-refractivity contribution in [3.05, 3.63) is 26.1 Å². The maximum absolute atomic E-state index is 12.7. The number of rotatable bonds is 4. The Hall–Kier alpha value is -2.09. The summed E-state index contributed by atoms with van der Waals surface area (Å²) in [4.78, 5) is 42.9. The first-order valence-electron chi connectivity index (χ1n) is 7.70. The molecular weight excluding hydrogens is 334 g/mol. The zero-order valence-electron chi connectivity index (χ0n) is 14.7. The highest BCUT2D eigenvalue weighted by Gasteiger charge is 2.24. The molecular formula is C15H22ClN5O3. The van der Waals surface area contributed by atoms with E-state index in [-0.39, 0.29) is 41.0 Å². The molecule has 132 valence electrons. The Morgan fingerprint density at radius 2 is 1.67 bits per heavy atom. The molecule has 9 heteroatoms. The van der Waals surface area contributed by atoms with Crippen molar-refractivity contribution >= 4 is 28.7 Å². The lowest BCUT2D eigenvalue weighted by atomic mass is 10.2. The second-order valence-electron chi connectivity index (χ2n) is 6.33. The minimum absolute atomic E-state index is 0.00381. The van der Waals surface area contributed by atoms with E-state index in [1.165, 1.54) is 23.2 Å². The number of fused-ring (bicyclic) bond motifs is 1. The van der Waals surface area contributed by atoms with Gasteiger partial charge in [-0.2, -0.15) is 4.98 Å². The van der Waals surface area contributed by atoms with Crippen LogP contribution in [0.5, 0.6) is 0 Å². The summed E-state index contributed by atoms with van der Waals surface area (Å²) in [6.07, 6.45) is 0. The van der Waals surface area contributed by atoms with E-state index < -0.39 is 11.2 Å². The van der Waals surface area contributed by atoms with Gasteiger partial charge in [0.2, 0.25) is 11.2 Å². The maximum atomic E-state index is 12.7. The number of aryl methyl sites for hydroxylation is 1. The summed E-state index contributed by atoms with van der Waals surface area (Å²) in [6, 6.07) is 0.0245. The number of hydrogen-bond acceptors (Lipinski definition) is 4. The highest BCUT2D eigenvalue weighted by Crippen LogP contribution is 2.17. The molecule has 0 aliphatic carbocycles. The number of hydrogen-bond donors (Lipinski definition) is 0. The molecule has 0 bridgehead atoms. The van der Waals surface area contributed by atoms with Crippen LogP contribution in [-0.4, -0.2) is 41.6 Å². The molecule has 0 fully saturated rings. The molecule has 0 aliphatic heterocycles. The molecule has 0 radical (unpaired) electrons. The first-order valence-corrected chi connectivity index (χ1v) is 8.08. The van der Waals surface area contributed by atoms with Crippen molar-refractivity contribution in [3.8, 4) is 0 Å². The molecule has 2 heterocycles. The predicted molar refractivity (Wildman–Crippen MR) is 92.3 cm³/mol. The van der Waals surface area contributed by atoms with Gasteiger partial charge in [0.1, 0.15) is 6.54 Å². The fourth-order valence-corrected chi connectivity index (χ4v) is 3.18. The smallest absolute Gasteiger partial charge is 0.332 e. The lowest BCUT2D eigenvalue weighted by Gasteiger charge is -2.31. The summed E-state index contributed by atoms with van der Waals surface area (Å²) in [5.74, 6) is -0.169. The summed E-state index contributed by atoms with van der Waals surface area (Å²) in [5, 5.41) is 0.00381. The van der Waals surface area contributed by atoms with Gasteiger partial charge >= 0.3 is 5.69 Å². The highest BCUT2D eigenvalue weighted by atomic mass is 35.5. The van der Waals surface area contributed by atoms with Crippen LogP contribution in [-0.2, 0) is 25.4 Å². The largest absolute Gasteiger partial charge is 0.336 e. The molecule has 0 saturated carbocycles. The number of nitrogens with zero attached hydrogens (tertiary/aromatic N) is 5. The molecule has 2 rings (SSSR count). The molecule has 0 saturated heterocycles. The fourth-order valence-electron chi connectivity index (χ4n) is 2.95. The van der Waals surface area contributed by atoms with Gasteiger partial charge in [-0.3, -0.25) is 23.3 Å². The summed E-state index contributed by atoms with van der Waals surface area (Å²) in [7, 11) is 2.89. The topological polar surface area (TPSA) is 82.1 Å². The number of halogens is 1. The van der Waals surface area contributed by atoms with Crippen molar-refractivity contribution < 1.29 is 4.79 Å². The molecule has 0 N–H and O–H groups in total. The van der Waals surface area contributed by atoms with Gasteiger partial charge in [0.05, 0.1) is 0 Å². The molecule has 1 amide bonds. The first-order chi connectivity index (χ1) is 11.1. The fraction of sp³-hybridized carbons (Fsp3) is 0.600. The monoisotopic (exact) mass is 355 g/mol. The van der Waals surface area contributed by atoms with Gasteiger partial charge < -0.3 is 4.90 Å². The lowest BCUT2D eigenvalue weighted by molar-refractivity contribution is -0.135. The van der Waals surface area contributed by atoms with Crippen molar-refractivity contribution in [2.45, 2.75) is 46.3 Å². The van der Waals surface area contributed by atoms with Crippen molar-refractivity contribution in [1.29, 1.82) is 0 Å². The zero-order chi connectivity index (χ0) is 18.3. The SMILES string of the molecule is CC(C)N(C(=O)Cn1c(Cl)nc2c1c(=O)n(C)c(=O)n2C)C(C)C. The van der Waals surface area contributed by atoms with E-state index in [9.17, 15) is 14.4 Å². The van der Waals surface area contributed by atoms with Crippen LogP contribution in [0.4, 0.5) is 0 Å². The third-order valence-electron chi connectivity index (χ3n) is 4.00. The Morgan fingerprint density at radius 3 is 2.17 bits per heavy atom. The quantitative estimate of drug-likeness (QED) is 0.757. The third kappa shape index (κ3) is 2.86. The lowest BCUT2D eigenvalue weighted by Crippen LogP contribution is -2.44. The molecule has 2 aromatic heterocycles. The average Bonchev–Trinajstić information content (AvgIpc) is 2.79. The van der Waals surface area contributed by atoms with E-state index in [0.717, 1.165) is 4.57 Å². The molecule has 0 spiro atoms. The van der Waals surface area contributed by atoms with Crippen LogP contribution in [0.2, 0.25) is 5.28 Å². The van der Waals surface area contributed by atoms with Crippen molar-refractivity contribution in [3.63, 3.8) is 0 Å². The summed E-state index contributed by atoms with van der Waals surface area (Å²) in [6.45, 7) is 7.59. The van der Waals surface area contributed by atoms with Crippen LogP contribution >= 0.6 is 11.6 Å². The number of aromatic nitrogens is 4. The zero-order valence-corrected chi connectivity index (χ0v) is 15.5. The number of imidazole rings is 1. The van der Waals surface area contributed by atoms with Crippen LogP contribution in [0, 0.1) is 0 Å². The standard InChI is InChI=1S/C15H22ClN5O3/c1-8(2)21(9(3)4)10(22)7-20-11-12(17-14(20)16)18(5)15(24)19(6)13(11)23/h8-9H,7H2,1-6H3. The molecule has 2 aromatic rings. The van der Waals surface area contributed by atoms with Gasteiger partial charge in [0.25, 0.3) is 5.56 Å². The number of carbonyl (C=O) groups is 1. The number of carbonyl (C=O) groups excluding carboxylic acids is 1. The molecule has 0 atom stereocenters. The Bertz CT molecular complexity index is 898. The van der Waals surface area contributed by atoms with E-state index in [4.69, 9.17) is 11.6 Å². The van der Waals surface area contributed by atoms with E-state index in [1.807, 2.05) is 27.7 Å². The minimum atomic E-state index is -0.527. The van der Waals surface area contributed by atoms with Crippen molar-refractivity contribution in [1.82, 2.24) is 23.6 Å². The van der Waals surface area contributed by atoms with Gasteiger partial charge in [-0.15, -0.1) is 0 Å². The Kier molecular flexibility index (Phi) is 4.89. The average molecular weight is 356 g/mol. The van der Waals surface area contributed by atoms with E-state index in [0.29, 0.717) is 0 Å². The number of amides is 1. The highest BCUT2D eigenvalue weighted by molar-refractivity contribution is 6.29. The van der Waals surface area contributed by atoms with Crippen LogP contribution < -0.4 is 11.2 Å². The van der Waals surface area contributed by atoms with Gasteiger partial charge in [0, 0.05) is 26.2 Å². The normalized spacial score (nSPS) is 11.7. The molecule has 0 aromatic carbocycles. The molecule has 8 nitrogen and oxygen atoms in total. The van der Waals surface area contributed by atoms with Crippen LogP contribution in [0.1, 0.15) is 27.7 Å². The second-order valence-corrected chi connectivity index (χ2v) is 6.67. The Labute approximate surface area is 144 Å². The minimum Gasteiger partial charge on any atom is -0.336 e. The third-order valence-corrected chi connectivity index (χ3v) is 4.28. The summed E-state index contributed by atoms with van der Waals surface area (Å²) < 4.78 is 3.58.